The summed E-state index contributed by atoms with van der Waals surface area (Å²) in [6, 6.07) is 4.48. The molecule has 0 bridgehead atoms. The monoisotopic (exact) mass is 314 g/mol. The highest BCUT2D eigenvalue weighted by Crippen LogP contribution is 2.26. The van der Waals surface area contributed by atoms with Crippen molar-refractivity contribution in [1.82, 2.24) is 5.16 Å². The van der Waals surface area contributed by atoms with E-state index in [1.165, 1.54) is 25.1 Å². The van der Waals surface area contributed by atoms with Crippen molar-refractivity contribution < 1.29 is 19.2 Å². The van der Waals surface area contributed by atoms with Gasteiger partial charge in [0.25, 0.3) is 5.91 Å². The molecule has 0 atom stereocenters. The van der Waals surface area contributed by atoms with Crippen molar-refractivity contribution in [2.75, 3.05) is 5.32 Å². The summed E-state index contributed by atoms with van der Waals surface area (Å²) in [5.41, 5.74) is -0.313. The van der Waals surface area contributed by atoms with Crippen LogP contribution in [0.2, 0.25) is 10.0 Å². The number of carbonyl (C=O) groups excluding carboxylic acids is 1. The van der Waals surface area contributed by atoms with Gasteiger partial charge in [0, 0.05) is 5.02 Å². The van der Waals surface area contributed by atoms with Gasteiger partial charge in [0.05, 0.1) is 10.7 Å². The van der Waals surface area contributed by atoms with Gasteiger partial charge in [-0.2, -0.15) is 0 Å². The molecule has 0 spiro atoms. The van der Waals surface area contributed by atoms with Crippen LogP contribution >= 0.6 is 23.2 Å². The molecule has 0 aliphatic carbocycles. The zero-order chi connectivity index (χ0) is 14.9. The Morgan fingerprint density at radius 2 is 2.05 bits per heavy atom. The smallest absolute Gasteiger partial charge is 0.341 e. The molecule has 2 rings (SSSR count). The zero-order valence-corrected chi connectivity index (χ0v) is 11.6. The summed E-state index contributed by atoms with van der Waals surface area (Å²) in [5.74, 6) is -1.98. The SMILES string of the molecule is Cc1onc(C(=O)Nc2ccc(Cl)cc2Cl)c1C(=O)O. The Morgan fingerprint density at radius 1 is 1.35 bits per heavy atom. The number of carboxylic acids is 1. The van der Waals surface area contributed by atoms with E-state index in [2.05, 4.69) is 10.5 Å². The van der Waals surface area contributed by atoms with Crippen LogP contribution in [-0.2, 0) is 0 Å². The second-order valence-corrected chi connectivity index (χ2v) is 4.69. The fourth-order valence-corrected chi connectivity index (χ4v) is 2.01. The molecule has 1 aromatic carbocycles. The molecule has 6 nitrogen and oxygen atoms in total. The first kappa shape index (κ1) is 14.4. The molecule has 1 heterocycles. The van der Waals surface area contributed by atoms with Gasteiger partial charge in [0.1, 0.15) is 11.3 Å². The number of carboxylic acid groups (broad SMARTS) is 1. The summed E-state index contributed by atoms with van der Waals surface area (Å²) in [7, 11) is 0. The summed E-state index contributed by atoms with van der Waals surface area (Å²) in [5, 5.41) is 15.5. The van der Waals surface area contributed by atoms with Crippen molar-refractivity contribution >= 4 is 40.8 Å². The van der Waals surface area contributed by atoms with Gasteiger partial charge in [-0.1, -0.05) is 28.4 Å². The molecule has 2 N–H and O–H groups in total. The number of rotatable bonds is 3. The van der Waals surface area contributed by atoms with Crippen molar-refractivity contribution in [3.63, 3.8) is 0 Å². The fourth-order valence-electron chi connectivity index (χ4n) is 1.55. The number of hydrogen-bond donors (Lipinski definition) is 2. The van der Waals surface area contributed by atoms with E-state index < -0.39 is 11.9 Å². The van der Waals surface area contributed by atoms with Crippen LogP contribution in [0.1, 0.15) is 26.6 Å². The number of halogens is 2. The van der Waals surface area contributed by atoms with Crippen molar-refractivity contribution in [2.45, 2.75) is 6.92 Å². The summed E-state index contributed by atoms with van der Waals surface area (Å²) in [4.78, 5) is 23.0. The number of nitrogens with zero attached hydrogens (tertiary/aromatic N) is 1. The average Bonchev–Trinajstić information content (AvgIpc) is 2.74. The van der Waals surface area contributed by atoms with Gasteiger partial charge >= 0.3 is 5.97 Å². The maximum atomic E-state index is 12.0. The molecule has 0 saturated heterocycles. The summed E-state index contributed by atoms with van der Waals surface area (Å²) in [6.45, 7) is 1.41. The van der Waals surface area contributed by atoms with Crippen LogP contribution in [0.15, 0.2) is 22.7 Å². The number of anilines is 1. The molecule has 0 radical (unpaired) electrons. The van der Waals surface area contributed by atoms with Gasteiger partial charge in [-0.15, -0.1) is 0 Å². The highest BCUT2D eigenvalue weighted by atomic mass is 35.5. The second-order valence-electron chi connectivity index (χ2n) is 3.85. The normalized spacial score (nSPS) is 10.3. The van der Waals surface area contributed by atoms with Gasteiger partial charge in [-0.3, -0.25) is 4.79 Å². The van der Waals surface area contributed by atoms with Crippen LogP contribution in [-0.4, -0.2) is 22.1 Å². The first-order valence-electron chi connectivity index (χ1n) is 5.36. The summed E-state index contributed by atoms with van der Waals surface area (Å²) >= 11 is 11.6. The molecule has 8 heteroatoms. The topological polar surface area (TPSA) is 92.4 Å². The van der Waals surface area contributed by atoms with Gasteiger partial charge < -0.3 is 14.9 Å². The Bertz CT molecular complexity index is 697. The number of carbonyl (C=O) groups is 2. The standard InChI is InChI=1S/C12H8Cl2N2O4/c1-5-9(12(18)19)10(16-20-5)11(17)15-8-3-2-6(13)4-7(8)14/h2-4H,1H3,(H,15,17)(H,18,19). The lowest BCUT2D eigenvalue weighted by Crippen LogP contribution is -2.16. The molecule has 0 aliphatic rings. The molecule has 20 heavy (non-hydrogen) atoms. The van der Waals surface area contributed by atoms with E-state index in [-0.39, 0.29) is 27.7 Å². The summed E-state index contributed by atoms with van der Waals surface area (Å²) in [6.07, 6.45) is 0. The van der Waals surface area contributed by atoms with Crippen LogP contribution in [0.4, 0.5) is 5.69 Å². The van der Waals surface area contributed by atoms with E-state index >= 15 is 0 Å². The zero-order valence-electron chi connectivity index (χ0n) is 10.1. The molecule has 1 aromatic heterocycles. The molecule has 104 valence electrons. The Kier molecular flexibility index (Phi) is 3.96. The third kappa shape index (κ3) is 2.76. The van der Waals surface area contributed by atoms with E-state index in [1.807, 2.05) is 0 Å². The fraction of sp³-hybridized carbons (Fsp3) is 0.0833. The van der Waals surface area contributed by atoms with Crippen molar-refractivity contribution in [3.05, 3.63) is 45.3 Å². The van der Waals surface area contributed by atoms with Gasteiger partial charge in [0.2, 0.25) is 0 Å². The number of nitrogens with one attached hydrogen (secondary N) is 1. The van der Waals surface area contributed by atoms with E-state index in [4.69, 9.17) is 32.8 Å². The van der Waals surface area contributed by atoms with Crippen LogP contribution in [0.5, 0.6) is 0 Å². The van der Waals surface area contributed by atoms with E-state index in [9.17, 15) is 9.59 Å². The van der Waals surface area contributed by atoms with E-state index in [0.717, 1.165) is 0 Å². The lowest BCUT2D eigenvalue weighted by atomic mass is 10.2. The Morgan fingerprint density at radius 3 is 2.65 bits per heavy atom. The lowest BCUT2D eigenvalue weighted by Gasteiger charge is -2.06. The van der Waals surface area contributed by atoms with Gasteiger partial charge in [-0.05, 0) is 25.1 Å². The molecule has 1 amide bonds. The molecule has 0 fully saturated rings. The van der Waals surface area contributed by atoms with E-state index in [0.29, 0.717) is 5.02 Å². The third-order valence-corrected chi connectivity index (χ3v) is 3.02. The number of hydrogen-bond acceptors (Lipinski definition) is 4. The Balaban J connectivity index is 2.31. The minimum absolute atomic E-state index is 0.0462. The molecular formula is C12H8Cl2N2O4. The molecule has 0 unspecified atom stereocenters. The first-order chi connectivity index (χ1) is 9.40. The van der Waals surface area contributed by atoms with Crippen LogP contribution in [0.25, 0.3) is 0 Å². The Hall–Kier alpha value is -2.05. The van der Waals surface area contributed by atoms with Crippen LogP contribution < -0.4 is 5.32 Å². The molecule has 2 aromatic rings. The van der Waals surface area contributed by atoms with Crippen molar-refractivity contribution in [1.29, 1.82) is 0 Å². The average molecular weight is 315 g/mol. The molecule has 0 aliphatic heterocycles. The molecule has 0 saturated carbocycles. The van der Waals surface area contributed by atoms with Crippen molar-refractivity contribution in [2.24, 2.45) is 0 Å². The van der Waals surface area contributed by atoms with Crippen molar-refractivity contribution in [3.8, 4) is 0 Å². The maximum absolute atomic E-state index is 12.0. The highest BCUT2D eigenvalue weighted by molar-refractivity contribution is 6.36. The van der Waals surface area contributed by atoms with Crippen LogP contribution in [0.3, 0.4) is 0 Å². The number of aromatic nitrogens is 1. The lowest BCUT2D eigenvalue weighted by molar-refractivity contribution is 0.0691. The number of aryl methyl sites for hydroxylation is 1. The van der Waals surface area contributed by atoms with Gasteiger partial charge in [0.15, 0.2) is 5.69 Å². The first-order valence-corrected chi connectivity index (χ1v) is 6.11. The number of amides is 1. The minimum atomic E-state index is -1.30. The predicted molar refractivity (Wildman–Crippen MR) is 72.6 cm³/mol. The summed E-state index contributed by atoms with van der Waals surface area (Å²) < 4.78 is 4.72. The number of benzene rings is 1. The maximum Gasteiger partial charge on any atom is 0.341 e. The van der Waals surface area contributed by atoms with Crippen LogP contribution in [0, 0.1) is 6.92 Å². The quantitative estimate of drug-likeness (QED) is 0.907. The number of aromatic carboxylic acids is 1. The van der Waals surface area contributed by atoms with E-state index in [1.54, 1.807) is 0 Å². The molecular weight excluding hydrogens is 307 g/mol. The Labute approximate surface area is 123 Å². The van der Waals surface area contributed by atoms with Gasteiger partial charge in [-0.25, -0.2) is 4.79 Å². The highest BCUT2D eigenvalue weighted by Gasteiger charge is 2.25. The third-order valence-electron chi connectivity index (χ3n) is 2.47. The minimum Gasteiger partial charge on any atom is -0.477 e. The second kappa shape index (κ2) is 5.52. The predicted octanol–water partition coefficient (Wildman–Crippen LogP) is 3.24. The largest absolute Gasteiger partial charge is 0.477 e.